The first-order chi connectivity index (χ1) is 18.4. The smallest absolute Gasteiger partial charge is 0.444 e. The van der Waals surface area contributed by atoms with Crippen molar-refractivity contribution in [2.24, 2.45) is 0 Å². The Morgan fingerprint density at radius 2 is 1.95 bits per heavy atom. The molecule has 0 spiro atoms. The molecule has 0 aromatic carbocycles. The zero-order valence-electron chi connectivity index (χ0n) is 22.5. The van der Waals surface area contributed by atoms with Gasteiger partial charge in [0.25, 0.3) is 0 Å². The second-order valence-electron chi connectivity index (χ2n) is 11.0. The molecule has 0 unspecified atom stereocenters. The molecule has 1 atom stereocenters. The number of hydrogen-bond acceptors (Lipinski definition) is 9. The fraction of sp³-hybridized carbons (Fsp3) is 0.640. The van der Waals surface area contributed by atoms with Crippen molar-refractivity contribution in [2.45, 2.75) is 84.3 Å². The first-order valence-corrected chi connectivity index (χ1v) is 14.0. The van der Waals surface area contributed by atoms with E-state index in [0.717, 1.165) is 47.0 Å². The lowest BCUT2D eigenvalue weighted by molar-refractivity contribution is -0.147. The lowest BCUT2D eigenvalue weighted by Crippen LogP contribution is -2.49. The molecular formula is C25H33F3N8O2S. The minimum atomic E-state index is -4.55. The van der Waals surface area contributed by atoms with Gasteiger partial charge >= 0.3 is 12.3 Å². The Morgan fingerprint density at radius 1 is 1.15 bits per heavy atom. The normalized spacial score (nSPS) is 18.4. The van der Waals surface area contributed by atoms with Crippen LogP contribution in [0.4, 0.5) is 29.7 Å². The molecule has 212 valence electrons. The van der Waals surface area contributed by atoms with Crippen LogP contribution in [0, 0.1) is 0 Å². The highest BCUT2D eigenvalue weighted by Crippen LogP contribution is 2.36. The van der Waals surface area contributed by atoms with Gasteiger partial charge in [0.1, 0.15) is 16.2 Å². The van der Waals surface area contributed by atoms with Gasteiger partial charge in [-0.3, -0.25) is 0 Å². The minimum Gasteiger partial charge on any atom is -0.444 e. The number of carbonyl (C=O) groups excluding carboxylic acids is 1. The number of piperidine rings is 1. The quantitative estimate of drug-likeness (QED) is 0.472. The Hall–Kier alpha value is -3.16. The van der Waals surface area contributed by atoms with E-state index in [2.05, 4.69) is 33.4 Å². The fourth-order valence-corrected chi connectivity index (χ4v) is 6.12. The number of alkyl halides is 3. The number of fused-ring (bicyclic) bond motifs is 2. The van der Waals surface area contributed by atoms with Gasteiger partial charge in [0.2, 0.25) is 11.8 Å². The number of anilines is 2. The second-order valence-corrected chi connectivity index (χ2v) is 12.1. The van der Waals surface area contributed by atoms with Crippen molar-refractivity contribution >= 4 is 39.4 Å². The Labute approximate surface area is 228 Å². The number of aryl methyl sites for hydroxylation is 1. The molecule has 2 aliphatic rings. The summed E-state index contributed by atoms with van der Waals surface area (Å²) in [5.74, 6) is 0.508. The number of carbonyl (C=O) groups is 1. The number of thiophene rings is 1. The molecule has 0 bridgehead atoms. The van der Waals surface area contributed by atoms with Gasteiger partial charge in [-0.2, -0.15) is 18.2 Å². The predicted molar refractivity (Wildman–Crippen MR) is 142 cm³/mol. The van der Waals surface area contributed by atoms with Crippen LogP contribution in [0.25, 0.3) is 10.2 Å². The summed E-state index contributed by atoms with van der Waals surface area (Å²) in [4.78, 5) is 28.2. The highest BCUT2D eigenvalue weighted by molar-refractivity contribution is 7.18. The van der Waals surface area contributed by atoms with E-state index in [0.29, 0.717) is 24.9 Å². The maximum Gasteiger partial charge on any atom is 0.451 e. The topological polar surface area (TPSA) is 101 Å². The predicted octanol–water partition coefficient (Wildman–Crippen LogP) is 4.77. The number of amides is 1. The summed E-state index contributed by atoms with van der Waals surface area (Å²) >= 11 is 1.61. The lowest BCUT2D eigenvalue weighted by atomic mass is 10.1. The van der Waals surface area contributed by atoms with E-state index in [-0.39, 0.29) is 25.0 Å². The van der Waals surface area contributed by atoms with Crippen molar-refractivity contribution in [3.05, 3.63) is 22.6 Å². The van der Waals surface area contributed by atoms with Gasteiger partial charge < -0.3 is 24.4 Å². The molecule has 3 aromatic heterocycles. The van der Waals surface area contributed by atoms with Crippen LogP contribution in [-0.2, 0) is 30.4 Å². The molecule has 0 radical (unpaired) electrons. The number of rotatable bonds is 5. The monoisotopic (exact) mass is 566 g/mol. The molecule has 14 heteroatoms. The van der Waals surface area contributed by atoms with Crippen molar-refractivity contribution in [1.29, 1.82) is 0 Å². The third-order valence-electron chi connectivity index (χ3n) is 6.64. The largest absolute Gasteiger partial charge is 0.451 e. The van der Waals surface area contributed by atoms with Crippen LogP contribution in [0.2, 0.25) is 0 Å². The lowest BCUT2D eigenvalue weighted by Gasteiger charge is -2.34. The summed E-state index contributed by atoms with van der Waals surface area (Å²) in [5.41, 5.74) is -0.587. The molecule has 1 N–H and O–H groups in total. The molecule has 1 amide bonds. The summed E-state index contributed by atoms with van der Waals surface area (Å²) in [6.07, 6.45) is -1.46. The molecular weight excluding hydrogens is 533 g/mol. The number of alkyl carbamates (subject to hydrolysis) is 1. The van der Waals surface area contributed by atoms with E-state index in [4.69, 9.17) is 14.7 Å². The van der Waals surface area contributed by atoms with E-state index in [1.807, 2.05) is 25.7 Å². The summed E-state index contributed by atoms with van der Waals surface area (Å²) in [5, 5.41) is 11.1. The second kappa shape index (κ2) is 10.4. The van der Waals surface area contributed by atoms with E-state index >= 15 is 0 Å². The van der Waals surface area contributed by atoms with Gasteiger partial charge in [-0.05, 0) is 46.1 Å². The highest BCUT2D eigenvalue weighted by Gasteiger charge is 2.40. The van der Waals surface area contributed by atoms with Crippen LogP contribution >= 0.6 is 11.3 Å². The SMILES string of the molecule is CCCc1cc2c(N3CCn4c(nnc4C(F)(F)F)C3)nc(N3CCC[C@H](NC(=O)OC(C)(C)C)C3)nc2s1. The van der Waals surface area contributed by atoms with Gasteiger partial charge in [-0.25, -0.2) is 9.78 Å². The van der Waals surface area contributed by atoms with Crippen molar-refractivity contribution in [3.8, 4) is 0 Å². The minimum absolute atomic E-state index is 0.107. The van der Waals surface area contributed by atoms with Crippen molar-refractivity contribution in [3.63, 3.8) is 0 Å². The Kier molecular flexibility index (Phi) is 7.33. The average Bonchev–Trinajstić information content (AvgIpc) is 3.46. The Bertz CT molecular complexity index is 1350. The van der Waals surface area contributed by atoms with Crippen LogP contribution in [0.3, 0.4) is 0 Å². The fourth-order valence-electron chi connectivity index (χ4n) is 5.00. The van der Waals surface area contributed by atoms with Crippen LogP contribution in [-0.4, -0.2) is 62.1 Å². The molecule has 1 saturated heterocycles. The first-order valence-electron chi connectivity index (χ1n) is 13.2. The summed E-state index contributed by atoms with van der Waals surface area (Å²) in [6.45, 7) is 9.45. The first kappa shape index (κ1) is 27.4. The molecule has 5 heterocycles. The van der Waals surface area contributed by atoms with E-state index in [1.54, 1.807) is 11.3 Å². The third-order valence-corrected chi connectivity index (χ3v) is 7.73. The molecule has 10 nitrogen and oxygen atoms in total. The van der Waals surface area contributed by atoms with Crippen LogP contribution in [0.15, 0.2) is 6.07 Å². The van der Waals surface area contributed by atoms with Gasteiger partial charge in [-0.15, -0.1) is 21.5 Å². The third kappa shape index (κ3) is 6.04. The molecule has 5 rings (SSSR count). The number of nitrogens with zero attached hydrogens (tertiary/aromatic N) is 7. The average molecular weight is 567 g/mol. The number of nitrogens with one attached hydrogen (secondary N) is 1. The number of ether oxygens (including phenoxy) is 1. The summed E-state index contributed by atoms with van der Waals surface area (Å²) in [7, 11) is 0. The van der Waals surface area contributed by atoms with Crippen molar-refractivity contribution < 1.29 is 22.7 Å². The van der Waals surface area contributed by atoms with E-state index < -0.39 is 23.7 Å². The molecule has 2 aliphatic heterocycles. The number of halogens is 3. The van der Waals surface area contributed by atoms with Crippen LogP contribution < -0.4 is 15.1 Å². The maximum absolute atomic E-state index is 13.4. The van der Waals surface area contributed by atoms with E-state index in [1.165, 1.54) is 4.88 Å². The van der Waals surface area contributed by atoms with Gasteiger partial charge in [0.15, 0.2) is 5.82 Å². The molecule has 0 saturated carbocycles. The number of hydrogen-bond donors (Lipinski definition) is 1. The number of aromatic nitrogens is 5. The van der Waals surface area contributed by atoms with E-state index in [9.17, 15) is 18.0 Å². The summed E-state index contributed by atoms with van der Waals surface area (Å²) in [6, 6.07) is 1.97. The zero-order chi connectivity index (χ0) is 27.9. The van der Waals surface area contributed by atoms with Crippen LogP contribution in [0.1, 0.15) is 63.5 Å². The Balaban J connectivity index is 1.43. The molecule has 0 aliphatic carbocycles. The summed E-state index contributed by atoms with van der Waals surface area (Å²) < 4.78 is 46.7. The van der Waals surface area contributed by atoms with Crippen LogP contribution in [0.5, 0.6) is 0 Å². The Morgan fingerprint density at radius 3 is 2.67 bits per heavy atom. The van der Waals surface area contributed by atoms with Crippen molar-refractivity contribution in [1.82, 2.24) is 30.0 Å². The molecule has 3 aromatic rings. The standard InChI is InChI=1S/C25H33F3N8O2S/c1-5-7-16-12-17-19(34-10-11-36-18(14-34)32-33-21(36)25(26,27)28)30-22(31-20(17)39-16)35-9-6-8-15(13-35)29-23(37)38-24(2,3)4/h12,15H,5-11,13-14H2,1-4H3,(H,29,37)/t15-/m0/s1. The highest BCUT2D eigenvalue weighted by atomic mass is 32.1. The molecule has 39 heavy (non-hydrogen) atoms. The van der Waals surface area contributed by atoms with Gasteiger partial charge in [-0.1, -0.05) is 13.3 Å². The maximum atomic E-state index is 13.4. The molecule has 1 fully saturated rings. The van der Waals surface area contributed by atoms with Crippen molar-refractivity contribution in [2.75, 3.05) is 29.4 Å². The van der Waals surface area contributed by atoms with Gasteiger partial charge in [0.05, 0.1) is 11.9 Å². The zero-order valence-corrected chi connectivity index (χ0v) is 23.3. The van der Waals surface area contributed by atoms with Gasteiger partial charge in [0, 0.05) is 37.1 Å².